The van der Waals surface area contributed by atoms with Gasteiger partial charge in [-0.05, 0) is 33.6 Å². The van der Waals surface area contributed by atoms with Crippen LogP contribution in [0, 0.1) is 17.8 Å². The van der Waals surface area contributed by atoms with Gasteiger partial charge in [-0.1, -0.05) is 13.8 Å². The van der Waals surface area contributed by atoms with E-state index < -0.39 is 35.2 Å². The fourth-order valence-corrected chi connectivity index (χ4v) is 3.98. The molecule has 0 radical (unpaired) electrons. The minimum Gasteiger partial charge on any atom is -0.439 e. The van der Waals surface area contributed by atoms with Crippen molar-refractivity contribution >= 4 is 23.9 Å². The molecule has 6 atom stereocenters. The Morgan fingerprint density at radius 1 is 1.31 bits per heavy atom. The van der Waals surface area contributed by atoms with Crippen molar-refractivity contribution in [1.82, 2.24) is 5.32 Å². The fourth-order valence-electron chi connectivity index (χ4n) is 3.98. The Balaban J connectivity index is 2.81. The summed E-state index contributed by atoms with van der Waals surface area (Å²) in [5.74, 6) is -1.66. The highest BCUT2D eigenvalue weighted by molar-refractivity contribution is 5.92. The van der Waals surface area contributed by atoms with Crippen molar-refractivity contribution in [2.75, 3.05) is 20.8 Å². The van der Waals surface area contributed by atoms with Gasteiger partial charge in [0.05, 0.1) is 24.2 Å². The monoisotopic (exact) mass is 413 g/mol. The Hall–Kier alpha value is -1.80. The molecule has 0 saturated carbocycles. The number of carbonyl (C=O) groups is 4. The molecule has 1 aliphatic rings. The average molecular weight is 414 g/mol. The zero-order valence-corrected chi connectivity index (χ0v) is 18.6. The molecule has 3 unspecified atom stereocenters. The lowest BCUT2D eigenvalue weighted by atomic mass is 9.78. The molecule has 166 valence electrons. The number of aldehydes is 1. The van der Waals surface area contributed by atoms with Crippen molar-refractivity contribution in [3.8, 4) is 0 Å². The Morgan fingerprint density at radius 2 is 1.93 bits per heavy atom. The summed E-state index contributed by atoms with van der Waals surface area (Å²) in [6, 6.07) is -0.506. The second-order valence-corrected chi connectivity index (χ2v) is 8.60. The summed E-state index contributed by atoms with van der Waals surface area (Å²) >= 11 is 0. The number of rotatable bonds is 13. The first-order chi connectivity index (χ1) is 13.4. The molecule has 8 heteroatoms. The molecule has 1 rings (SSSR count). The number of hydrogen-bond donors (Lipinski definition) is 1. The topological polar surface area (TPSA) is 108 Å². The Bertz CT molecular complexity index is 622. The number of alkyl carbamates (subject to hydrolysis) is 1. The van der Waals surface area contributed by atoms with Crippen molar-refractivity contribution in [3.05, 3.63) is 0 Å². The molecule has 1 fully saturated rings. The molecule has 1 N–H and O–H groups in total. The van der Waals surface area contributed by atoms with Gasteiger partial charge in [-0.15, -0.1) is 0 Å². The number of amides is 1. The molecule has 0 aromatic rings. The van der Waals surface area contributed by atoms with Crippen LogP contribution in [-0.4, -0.2) is 62.0 Å². The Kier molecular flexibility index (Phi) is 8.96. The summed E-state index contributed by atoms with van der Waals surface area (Å²) in [5.41, 5.74) is -1.61. The molecule has 1 aliphatic heterocycles. The standard InChI is InChI=1S/C21H35NO7/c1-13(10-20(4,28-7)9-8-16(24)14(2)11-23)17(25)15(3)18-21(5,12-27-6)29-19(26)22-18/h11,13-15,18H,8-10,12H2,1-7H3,(H,22,26)/t13-,14?,15?,18?,20+,21-/m1/s1. The predicted octanol–water partition coefficient (Wildman–Crippen LogP) is 2.32. The highest BCUT2D eigenvalue weighted by Gasteiger charge is 2.50. The van der Waals surface area contributed by atoms with Crippen LogP contribution in [0.15, 0.2) is 0 Å². The Labute approximate surface area is 173 Å². The van der Waals surface area contributed by atoms with Gasteiger partial charge in [-0.3, -0.25) is 9.59 Å². The normalized spacial score (nSPS) is 26.6. The lowest BCUT2D eigenvalue weighted by Crippen LogP contribution is -2.51. The molecular formula is C21H35NO7. The van der Waals surface area contributed by atoms with E-state index in [0.717, 1.165) is 0 Å². The highest BCUT2D eigenvalue weighted by atomic mass is 16.6. The van der Waals surface area contributed by atoms with Gasteiger partial charge >= 0.3 is 6.09 Å². The lowest BCUT2D eigenvalue weighted by Gasteiger charge is -2.34. The molecule has 8 nitrogen and oxygen atoms in total. The number of hydrogen-bond acceptors (Lipinski definition) is 7. The predicted molar refractivity (Wildman–Crippen MR) is 107 cm³/mol. The molecule has 0 spiro atoms. The van der Waals surface area contributed by atoms with Gasteiger partial charge in [0.15, 0.2) is 5.60 Å². The number of cyclic esters (lactones) is 1. The molecule has 1 heterocycles. The van der Waals surface area contributed by atoms with E-state index in [0.29, 0.717) is 19.1 Å². The largest absolute Gasteiger partial charge is 0.439 e. The van der Waals surface area contributed by atoms with Crippen LogP contribution >= 0.6 is 0 Å². The van der Waals surface area contributed by atoms with Crippen LogP contribution in [0.3, 0.4) is 0 Å². The first kappa shape index (κ1) is 25.2. The third kappa shape index (κ3) is 6.34. The number of ketones is 2. The van der Waals surface area contributed by atoms with E-state index in [1.54, 1.807) is 27.9 Å². The van der Waals surface area contributed by atoms with Gasteiger partial charge in [0.2, 0.25) is 0 Å². The summed E-state index contributed by atoms with van der Waals surface area (Å²) in [4.78, 5) is 47.6. The zero-order valence-electron chi connectivity index (χ0n) is 18.6. The SMILES string of the molecule is COC[C@@]1(C)OC(=O)NC1C(C)C(=O)[C@H](C)C[C@](C)(CCC(=O)C(C)C=O)OC. The molecule has 29 heavy (non-hydrogen) atoms. The second kappa shape index (κ2) is 10.3. The molecule has 0 aromatic heterocycles. The maximum absolute atomic E-state index is 13.1. The van der Waals surface area contributed by atoms with Crippen molar-refractivity contribution in [2.45, 2.75) is 71.1 Å². The van der Waals surface area contributed by atoms with E-state index in [1.165, 1.54) is 7.11 Å². The third-order valence-electron chi connectivity index (χ3n) is 5.97. The van der Waals surface area contributed by atoms with Crippen LogP contribution in [0.4, 0.5) is 4.79 Å². The van der Waals surface area contributed by atoms with Crippen molar-refractivity contribution < 1.29 is 33.4 Å². The molecule has 1 saturated heterocycles. The minimum absolute atomic E-state index is 0.0287. The van der Waals surface area contributed by atoms with Crippen LogP contribution in [0.25, 0.3) is 0 Å². The van der Waals surface area contributed by atoms with Gasteiger partial charge in [0.25, 0.3) is 0 Å². The minimum atomic E-state index is -0.928. The number of nitrogens with one attached hydrogen (secondary N) is 1. The summed E-state index contributed by atoms with van der Waals surface area (Å²) < 4.78 is 16.1. The van der Waals surface area contributed by atoms with E-state index >= 15 is 0 Å². The number of methoxy groups -OCH3 is 2. The first-order valence-electron chi connectivity index (χ1n) is 9.98. The lowest BCUT2D eigenvalue weighted by molar-refractivity contribution is -0.132. The second-order valence-electron chi connectivity index (χ2n) is 8.60. The van der Waals surface area contributed by atoms with Crippen molar-refractivity contribution in [3.63, 3.8) is 0 Å². The maximum Gasteiger partial charge on any atom is 0.408 e. The summed E-state index contributed by atoms with van der Waals surface area (Å²) in [5, 5.41) is 2.73. The number of carbonyl (C=O) groups excluding carboxylic acids is 4. The van der Waals surface area contributed by atoms with Gasteiger partial charge in [0, 0.05) is 32.5 Å². The van der Waals surface area contributed by atoms with E-state index in [4.69, 9.17) is 14.2 Å². The third-order valence-corrected chi connectivity index (χ3v) is 5.97. The van der Waals surface area contributed by atoms with E-state index in [2.05, 4.69) is 5.32 Å². The van der Waals surface area contributed by atoms with Gasteiger partial charge in [0.1, 0.15) is 17.9 Å². The summed E-state index contributed by atoms with van der Waals surface area (Å²) in [6.07, 6.45) is 1.11. The first-order valence-corrected chi connectivity index (χ1v) is 9.98. The van der Waals surface area contributed by atoms with Crippen LogP contribution in [0.5, 0.6) is 0 Å². The molecule has 0 bridgehead atoms. The fraction of sp³-hybridized carbons (Fsp3) is 0.810. The summed E-state index contributed by atoms with van der Waals surface area (Å²) in [7, 11) is 3.06. The number of ether oxygens (including phenoxy) is 3. The number of Topliss-reactive ketones (excluding diaryl/α,β-unsaturated/α-hetero) is 2. The molecule has 0 aromatic carbocycles. The zero-order chi connectivity index (χ0) is 22.4. The average Bonchev–Trinajstić information content (AvgIpc) is 2.98. The summed E-state index contributed by atoms with van der Waals surface area (Å²) in [6.45, 7) is 8.93. The molecule has 0 aliphatic carbocycles. The molecule has 1 amide bonds. The molecular weight excluding hydrogens is 378 g/mol. The van der Waals surface area contributed by atoms with Gasteiger partial charge in [-0.25, -0.2) is 4.79 Å². The van der Waals surface area contributed by atoms with Gasteiger partial charge in [-0.2, -0.15) is 0 Å². The van der Waals surface area contributed by atoms with E-state index in [-0.39, 0.29) is 30.5 Å². The van der Waals surface area contributed by atoms with E-state index in [1.807, 2.05) is 13.8 Å². The quantitative estimate of drug-likeness (QED) is 0.365. The van der Waals surface area contributed by atoms with Crippen LogP contribution in [0.2, 0.25) is 0 Å². The van der Waals surface area contributed by atoms with E-state index in [9.17, 15) is 19.2 Å². The van der Waals surface area contributed by atoms with Crippen LogP contribution in [-0.2, 0) is 28.6 Å². The van der Waals surface area contributed by atoms with Crippen LogP contribution in [0.1, 0.15) is 53.9 Å². The van der Waals surface area contributed by atoms with Crippen molar-refractivity contribution in [1.29, 1.82) is 0 Å². The van der Waals surface area contributed by atoms with Crippen molar-refractivity contribution in [2.24, 2.45) is 17.8 Å². The highest BCUT2D eigenvalue weighted by Crippen LogP contribution is 2.33. The maximum atomic E-state index is 13.1. The van der Waals surface area contributed by atoms with Crippen LogP contribution < -0.4 is 5.32 Å². The smallest absolute Gasteiger partial charge is 0.408 e. The Morgan fingerprint density at radius 3 is 2.45 bits per heavy atom. The van der Waals surface area contributed by atoms with Gasteiger partial charge < -0.3 is 24.3 Å².